The smallest absolute Gasteiger partial charge is 0.286 e. The quantitative estimate of drug-likeness (QED) is 0.306. The van der Waals surface area contributed by atoms with Crippen molar-refractivity contribution in [3.8, 4) is 5.69 Å². The second kappa shape index (κ2) is 7.80. The topological polar surface area (TPSA) is 67.0 Å². The summed E-state index contributed by atoms with van der Waals surface area (Å²) in [5.41, 5.74) is 0.749. The second-order valence-corrected chi connectivity index (χ2v) is 8.11. The summed E-state index contributed by atoms with van der Waals surface area (Å²) in [6.07, 6.45) is 0. The number of Topliss-reactive ketones (excluding diaryl/α,β-unsaturated/α-hetero) is 1. The second-order valence-electron chi connectivity index (χ2n) is 5.22. The fraction of sp³-hybridized carbons (Fsp3) is 0.118. The summed E-state index contributed by atoms with van der Waals surface area (Å²) in [6, 6.07) is 16.6. The van der Waals surface area contributed by atoms with Gasteiger partial charge < -0.3 is 0 Å². The van der Waals surface area contributed by atoms with Crippen molar-refractivity contribution in [1.82, 2.24) is 5.27 Å². The average molecular weight is 532 g/mol. The van der Waals surface area contributed by atoms with Crippen molar-refractivity contribution in [2.45, 2.75) is 9.65 Å². The molecule has 0 radical (unpaired) electrons. The molecule has 8 heteroatoms. The van der Waals surface area contributed by atoms with Crippen molar-refractivity contribution in [2.24, 2.45) is 0 Å². The lowest BCUT2D eigenvalue weighted by Crippen LogP contribution is -2.43. The van der Waals surface area contributed by atoms with E-state index in [0.29, 0.717) is 5.69 Å². The Hall–Kier alpha value is -1.51. The van der Waals surface area contributed by atoms with Crippen molar-refractivity contribution in [1.29, 1.82) is 0 Å². The van der Waals surface area contributed by atoms with E-state index in [9.17, 15) is 9.59 Å². The summed E-state index contributed by atoms with van der Waals surface area (Å²) in [7, 11) is 0. The molecular formula is C17H12Br3N2O3+. The number of rotatable bonds is 5. The van der Waals surface area contributed by atoms with Crippen molar-refractivity contribution in [2.75, 3.05) is 0 Å². The van der Waals surface area contributed by atoms with Crippen molar-refractivity contribution < 1.29 is 14.0 Å². The number of aromatic nitrogens is 2. The van der Waals surface area contributed by atoms with E-state index in [0.717, 1.165) is 10.0 Å². The fourth-order valence-electron chi connectivity index (χ4n) is 2.32. The fourth-order valence-corrected chi connectivity index (χ4v) is 3.65. The predicted molar refractivity (Wildman–Crippen MR) is 104 cm³/mol. The van der Waals surface area contributed by atoms with Crippen LogP contribution in [0.15, 0.2) is 68.4 Å². The number of nitrogens with zero attached hydrogens (tertiary/aromatic N) is 1. The van der Waals surface area contributed by atoms with Crippen molar-refractivity contribution >= 4 is 53.6 Å². The molecule has 0 aliphatic carbocycles. The first-order chi connectivity index (χ1) is 12.0. The summed E-state index contributed by atoms with van der Waals surface area (Å²) >= 11 is 10.3. The molecule has 1 N–H and O–H groups in total. The Morgan fingerprint density at radius 1 is 1.04 bits per heavy atom. The molecule has 0 aliphatic rings. The van der Waals surface area contributed by atoms with Crippen LogP contribution >= 0.6 is 47.8 Å². The van der Waals surface area contributed by atoms with E-state index in [-0.39, 0.29) is 16.3 Å². The van der Waals surface area contributed by atoms with Crippen LogP contribution in [0, 0.1) is 0 Å². The standard InChI is InChI=1S/C17H11Br3N2O3/c18-11-8-6-10(7-9-11)13(19)14(20)16(23)15-17(24)25-21-22(15)12-4-2-1-3-5-12/h1-9,13-14H/p+1. The summed E-state index contributed by atoms with van der Waals surface area (Å²) in [6.45, 7) is 0. The predicted octanol–water partition coefficient (Wildman–Crippen LogP) is 4.09. The molecule has 2 unspecified atom stereocenters. The van der Waals surface area contributed by atoms with Gasteiger partial charge in [0.25, 0.3) is 5.78 Å². The average Bonchev–Trinajstić information content (AvgIpc) is 3.02. The molecule has 0 aliphatic heterocycles. The van der Waals surface area contributed by atoms with Gasteiger partial charge in [-0.25, -0.2) is 4.79 Å². The molecule has 1 heterocycles. The van der Waals surface area contributed by atoms with E-state index in [1.807, 2.05) is 42.5 Å². The number of carbonyl (C=O) groups excluding carboxylic acids is 1. The van der Waals surface area contributed by atoms with Gasteiger partial charge in [0, 0.05) is 16.6 Å². The zero-order chi connectivity index (χ0) is 18.0. The number of alkyl halides is 2. The zero-order valence-electron chi connectivity index (χ0n) is 12.7. The maximum atomic E-state index is 12.9. The number of hydrogen-bond donors (Lipinski definition) is 1. The third-order valence-corrected chi connectivity index (χ3v) is 6.83. The van der Waals surface area contributed by atoms with Crippen LogP contribution in [-0.4, -0.2) is 15.9 Å². The maximum Gasteiger partial charge on any atom is 0.438 e. The first-order valence-electron chi connectivity index (χ1n) is 7.26. The van der Waals surface area contributed by atoms with Gasteiger partial charge in [0.1, 0.15) is 4.83 Å². The van der Waals surface area contributed by atoms with E-state index in [2.05, 4.69) is 53.1 Å². The Kier molecular flexibility index (Phi) is 5.71. The van der Waals surface area contributed by atoms with Crippen LogP contribution in [0.2, 0.25) is 0 Å². The van der Waals surface area contributed by atoms with Crippen molar-refractivity contribution in [3.63, 3.8) is 0 Å². The molecule has 2 aromatic carbocycles. The van der Waals surface area contributed by atoms with Crippen LogP contribution in [-0.2, 0) is 0 Å². The molecule has 3 rings (SSSR count). The molecule has 0 fully saturated rings. The Balaban J connectivity index is 1.94. The van der Waals surface area contributed by atoms with Gasteiger partial charge in [-0.2, -0.15) is 0 Å². The number of nitrogens with one attached hydrogen (secondary N) is 1. The van der Waals surface area contributed by atoms with Gasteiger partial charge in [-0.15, -0.1) is 0 Å². The Labute approximate surface area is 168 Å². The third kappa shape index (κ3) is 3.86. The molecule has 1 aromatic heterocycles. The van der Waals surface area contributed by atoms with E-state index < -0.39 is 10.5 Å². The largest absolute Gasteiger partial charge is 0.438 e. The summed E-state index contributed by atoms with van der Waals surface area (Å²) in [5.74, 6) is -0.386. The summed E-state index contributed by atoms with van der Waals surface area (Å²) in [4.78, 5) is 24.0. The van der Waals surface area contributed by atoms with Gasteiger partial charge in [-0.3, -0.25) is 9.32 Å². The van der Waals surface area contributed by atoms with Crippen molar-refractivity contribution in [3.05, 3.63) is 80.7 Å². The van der Waals surface area contributed by atoms with Crippen LogP contribution in [0.4, 0.5) is 0 Å². The van der Waals surface area contributed by atoms with Gasteiger partial charge in [0.2, 0.25) is 5.69 Å². The minimum atomic E-state index is -0.714. The molecule has 0 bridgehead atoms. The molecule has 5 nitrogen and oxygen atoms in total. The molecule has 0 amide bonds. The number of H-pyrrole nitrogens is 1. The van der Waals surface area contributed by atoms with Gasteiger partial charge in [-0.05, 0) is 27.6 Å². The lowest BCUT2D eigenvalue weighted by atomic mass is 10.1. The number of para-hydroxylation sites is 1. The number of carbonyl (C=O) groups is 1. The lowest BCUT2D eigenvalue weighted by Gasteiger charge is -2.14. The van der Waals surface area contributed by atoms with Gasteiger partial charge in [0.05, 0.1) is 4.83 Å². The summed E-state index contributed by atoms with van der Waals surface area (Å²) in [5, 5.41) is 2.48. The van der Waals surface area contributed by atoms with Gasteiger partial charge in [-0.1, -0.05) is 78.1 Å². The Bertz CT molecular complexity index is 936. The first-order valence-corrected chi connectivity index (χ1v) is 9.88. The normalized spacial score (nSPS) is 13.4. The van der Waals surface area contributed by atoms with Crippen LogP contribution in [0.3, 0.4) is 0 Å². The highest BCUT2D eigenvalue weighted by molar-refractivity contribution is 9.12. The monoisotopic (exact) mass is 529 g/mol. The minimum Gasteiger partial charge on any atom is -0.286 e. The number of aromatic amines is 1. The van der Waals surface area contributed by atoms with Crippen LogP contribution in [0.1, 0.15) is 20.9 Å². The Morgan fingerprint density at radius 3 is 2.32 bits per heavy atom. The van der Waals surface area contributed by atoms with Gasteiger partial charge in [0.15, 0.2) is 0 Å². The van der Waals surface area contributed by atoms with E-state index in [4.69, 9.17) is 4.52 Å². The molecule has 0 saturated carbocycles. The SMILES string of the molecule is O=C(c1c(=O)o[nH][n+]1-c1ccccc1)C(Br)C(Br)c1ccc(Br)cc1. The number of halogens is 3. The lowest BCUT2D eigenvalue weighted by molar-refractivity contribution is -0.672. The van der Waals surface area contributed by atoms with E-state index in [1.54, 1.807) is 12.1 Å². The zero-order valence-corrected chi connectivity index (χ0v) is 17.4. The molecule has 2 atom stereocenters. The summed E-state index contributed by atoms with van der Waals surface area (Å²) < 4.78 is 7.14. The molecule has 25 heavy (non-hydrogen) atoms. The highest BCUT2D eigenvalue weighted by atomic mass is 79.9. The highest BCUT2D eigenvalue weighted by Gasteiger charge is 2.38. The Morgan fingerprint density at radius 2 is 1.68 bits per heavy atom. The third-order valence-electron chi connectivity index (χ3n) is 3.59. The molecule has 128 valence electrons. The molecular weight excluding hydrogens is 520 g/mol. The molecule has 0 saturated heterocycles. The van der Waals surface area contributed by atoms with E-state index >= 15 is 0 Å². The van der Waals surface area contributed by atoms with Crippen LogP contribution < -0.4 is 10.3 Å². The maximum absolute atomic E-state index is 12.9. The highest BCUT2D eigenvalue weighted by Crippen LogP contribution is 2.33. The van der Waals surface area contributed by atoms with E-state index in [1.165, 1.54) is 4.68 Å². The first kappa shape index (κ1) is 18.3. The number of hydrogen-bond acceptors (Lipinski definition) is 3. The van der Waals surface area contributed by atoms with Crippen LogP contribution in [0.5, 0.6) is 0 Å². The van der Waals surface area contributed by atoms with Crippen LogP contribution in [0.25, 0.3) is 5.69 Å². The molecule has 0 spiro atoms. The van der Waals surface area contributed by atoms with Gasteiger partial charge >= 0.3 is 11.3 Å². The molecule has 3 aromatic rings. The number of ketones is 1. The number of benzene rings is 2. The minimum absolute atomic E-state index is 0.0744.